The lowest BCUT2D eigenvalue weighted by Crippen LogP contribution is -2.15. The highest BCUT2D eigenvalue weighted by Crippen LogP contribution is 2.17. The van der Waals surface area contributed by atoms with Crippen molar-refractivity contribution in [1.29, 1.82) is 0 Å². The first-order chi connectivity index (χ1) is 4.55. The molecule has 0 saturated carbocycles. The molecule has 0 aromatic carbocycles. The van der Waals surface area contributed by atoms with E-state index in [9.17, 15) is 8.42 Å². The molecule has 1 N–H and O–H groups in total. The van der Waals surface area contributed by atoms with Crippen LogP contribution < -0.4 is 0 Å². The Morgan fingerprint density at radius 1 is 1.50 bits per heavy atom. The number of aliphatic hydroxyl groups excluding tert-OH is 1. The van der Waals surface area contributed by atoms with Crippen LogP contribution in [0.4, 0.5) is 0 Å². The third-order valence-electron chi connectivity index (χ3n) is 1.54. The van der Waals surface area contributed by atoms with Gasteiger partial charge in [-0.3, -0.25) is 0 Å². The Balaban J connectivity index is 2.83. The number of terminal acetylenes is 1. The molecule has 1 fully saturated rings. The summed E-state index contributed by atoms with van der Waals surface area (Å²) in [5.74, 6) is 1.50. The van der Waals surface area contributed by atoms with Gasteiger partial charge < -0.3 is 5.11 Å². The third-order valence-corrected chi connectivity index (χ3v) is 3.25. The number of hydrogen-bond donors (Lipinski definition) is 1. The second kappa shape index (κ2) is 2.26. The number of aliphatic hydroxyl groups is 1. The molecular weight excluding hydrogens is 152 g/mol. The van der Waals surface area contributed by atoms with Crippen LogP contribution in [0.5, 0.6) is 0 Å². The Labute approximate surface area is 60.0 Å². The van der Waals surface area contributed by atoms with Crippen LogP contribution in [-0.4, -0.2) is 31.1 Å². The van der Waals surface area contributed by atoms with Crippen molar-refractivity contribution >= 4 is 9.84 Å². The van der Waals surface area contributed by atoms with Gasteiger partial charge in [-0.2, -0.15) is 0 Å². The van der Waals surface area contributed by atoms with Crippen molar-refractivity contribution in [2.75, 3.05) is 11.5 Å². The molecule has 0 bridgehead atoms. The van der Waals surface area contributed by atoms with E-state index in [0.29, 0.717) is 0 Å². The quantitative estimate of drug-likeness (QED) is 0.464. The zero-order chi connectivity index (χ0) is 7.78. The highest BCUT2D eigenvalue weighted by Gasteiger charge is 2.34. The van der Waals surface area contributed by atoms with Gasteiger partial charge in [0.25, 0.3) is 0 Å². The summed E-state index contributed by atoms with van der Waals surface area (Å²) in [6, 6.07) is 0. The van der Waals surface area contributed by atoms with Gasteiger partial charge in [-0.25, -0.2) is 8.42 Å². The zero-order valence-corrected chi connectivity index (χ0v) is 6.13. The molecule has 0 aromatic heterocycles. The van der Waals surface area contributed by atoms with Crippen molar-refractivity contribution in [3.63, 3.8) is 0 Å². The minimum atomic E-state index is -3.05. The van der Waals surface area contributed by atoms with Gasteiger partial charge in [0.15, 0.2) is 9.84 Å². The molecule has 56 valence electrons. The first kappa shape index (κ1) is 7.58. The van der Waals surface area contributed by atoms with Crippen molar-refractivity contribution in [1.82, 2.24) is 0 Å². The Hall–Kier alpha value is -0.530. The standard InChI is InChI=1S/C6H8O3S/c1-2-5-3-10(8,9)4-6(5)7/h1,5-7H,3-4H2/t5-,6-/m1/s1. The molecule has 0 spiro atoms. The molecule has 0 aromatic rings. The molecule has 2 atom stereocenters. The molecule has 1 saturated heterocycles. The minimum Gasteiger partial charge on any atom is -0.391 e. The van der Waals surface area contributed by atoms with Crippen LogP contribution in [-0.2, 0) is 9.84 Å². The van der Waals surface area contributed by atoms with Gasteiger partial charge in [0, 0.05) is 0 Å². The van der Waals surface area contributed by atoms with Crippen LogP contribution in [0.3, 0.4) is 0 Å². The largest absolute Gasteiger partial charge is 0.391 e. The second-order valence-electron chi connectivity index (χ2n) is 2.42. The van der Waals surface area contributed by atoms with Crippen LogP contribution in [0.25, 0.3) is 0 Å². The number of sulfone groups is 1. The third kappa shape index (κ3) is 1.31. The maximum atomic E-state index is 10.8. The lowest BCUT2D eigenvalue weighted by Gasteiger charge is -2.01. The van der Waals surface area contributed by atoms with Crippen molar-refractivity contribution < 1.29 is 13.5 Å². The Morgan fingerprint density at radius 2 is 2.10 bits per heavy atom. The first-order valence-electron chi connectivity index (χ1n) is 2.90. The van der Waals surface area contributed by atoms with Gasteiger partial charge in [-0.05, 0) is 0 Å². The summed E-state index contributed by atoms with van der Waals surface area (Å²) in [6.45, 7) is 0. The van der Waals surface area contributed by atoms with Gasteiger partial charge in [0.2, 0.25) is 0 Å². The Bertz CT molecular complexity index is 259. The fourth-order valence-electron chi connectivity index (χ4n) is 0.988. The van der Waals surface area contributed by atoms with Crippen LogP contribution in [0.1, 0.15) is 0 Å². The van der Waals surface area contributed by atoms with Gasteiger partial charge in [-0.15, -0.1) is 6.42 Å². The summed E-state index contributed by atoms with van der Waals surface area (Å²) < 4.78 is 21.5. The van der Waals surface area contributed by atoms with Gasteiger partial charge in [0.1, 0.15) is 0 Å². The van der Waals surface area contributed by atoms with Gasteiger partial charge in [0.05, 0.1) is 23.5 Å². The van der Waals surface area contributed by atoms with Crippen molar-refractivity contribution in [3.8, 4) is 12.3 Å². The molecule has 1 rings (SSSR count). The molecule has 0 aliphatic carbocycles. The summed E-state index contributed by atoms with van der Waals surface area (Å²) in [5.41, 5.74) is 0. The lowest BCUT2D eigenvalue weighted by molar-refractivity contribution is 0.175. The molecule has 1 aliphatic rings. The average molecular weight is 160 g/mol. The molecule has 3 nitrogen and oxygen atoms in total. The topological polar surface area (TPSA) is 54.4 Å². The highest BCUT2D eigenvalue weighted by atomic mass is 32.2. The predicted molar refractivity (Wildman–Crippen MR) is 37.0 cm³/mol. The predicted octanol–water partition coefficient (Wildman–Crippen LogP) is -0.975. The lowest BCUT2D eigenvalue weighted by atomic mass is 10.1. The van der Waals surface area contributed by atoms with Crippen molar-refractivity contribution in [3.05, 3.63) is 0 Å². The number of hydrogen-bond acceptors (Lipinski definition) is 3. The van der Waals surface area contributed by atoms with E-state index in [1.54, 1.807) is 0 Å². The Kier molecular flexibility index (Phi) is 1.71. The molecule has 0 unspecified atom stereocenters. The van der Waals surface area contributed by atoms with E-state index in [1.165, 1.54) is 0 Å². The van der Waals surface area contributed by atoms with Crippen LogP contribution in [0, 0.1) is 18.3 Å². The van der Waals surface area contributed by atoms with Crippen LogP contribution in [0.2, 0.25) is 0 Å². The normalized spacial score (nSPS) is 37.2. The molecule has 10 heavy (non-hydrogen) atoms. The van der Waals surface area contributed by atoms with E-state index < -0.39 is 21.9 Å². The van der Waals surface area contributed by atoms with E-state index in [2.05, 4.69) is 5.92 Å². The summed E-state index contributed by atoms with van der Waals surface area (Å²) >= 11 is 0. The summed E-state index contributed by atoms with van der Waals surface area (Å²) in [7, 11) is -3.05. The van der Waals surface area contributed by atoms with E-state index in [4.69, 9.17) is 11.5 Å². The van der Waals surface area contributed by atoms with Gasteiger partial charge in [-0.1, -0.05) is 5.92 Å². The maximum Gasteiger partial charge on any atom is 0.154 e. The Morgan fingerprint density at radius 3 is 2.30 bits per heavy atom. The number of rotatable bonds is 0. The molecule has 0 amide bonds. The first-order valence-corrected chi connectivity index (χ1v) is 4.72. The fraction of sp³-hybridized carbons (Fsp3) is 0.667. The molecule has 1 heterocycles. The smallest absolute Gasteiger partial charge is 0.154 e. The monoisotopic (exact) mass is 160 g/mol. The molecular formula is C6H8O3S. The fourth-order valence-corrected chi connectivity index (χ4v) is 2.74. The molecule has 1 aliphatic heterocycles. The summed E-state index contributed by atoms with van der Waals surface area (Å²) in [6.07, 6.45) is 4.12. The van der Waals surface area contributed by atoms with Gasteiger partial charge >= 0.3 is 0 Å². The molecule has 0 radical (unpaired) electrons. The van der Waals surface area contributed by atoms with E-state index in [0.717, 1.165) is 0 Å². The van der Waals surface area contributed by atoms with E-state index in [1.807, 2.05) is 0 Å². The highest BCUT2D eigenvalue weighted by molar-refractivity contribution is 7.91. The van der Waals surface area contributed by atoms with E-state index >= 15 is 0 Å². The van der Waals surface area contributed by atoms with E-state index in [-0.39, 0.29) is 11.5 Å². The second-order valence-corrected chi connectivity index (χ2v) is 4.57. The summed E-state index contributed by atoms with van der Waals surface area (Å²) in [4.78, 5) is 0. The molecule has 4 heteroatoms. The summed E-state index contributed by atoms with van der Waals surface area (Å²) in [5, 5.41) is 9.00. The minimum absolute atomic E-state index is 0.0648. The van der Waals surface area contributed by atoms with Crippen LogP contribution >= 0.6 is 0 Å². The van der Waals surface area contributed by atoms with Crippen LogP contribution in [0.15, 0.2) is 0 Å². The van der Waals surface area contributed by atoms with Crippen molar-refractivity contribution in [2.24, 2.45) is 5.92 Å². The van der Waals surface area contributed by atoms with Crippen molar-refractivity contribution in [2.45, 2.75) is 6.10 Å². The average Bonchev–Trinajstić information content (AvgIpc) is 2.05. The SMILES string of the molecule is C#C[C@@H]1CS(=O)(=O)C[C@H]1O. The maximum absolute atomic E-state index is 10.8. The zero-order valence-electron chi connectivity index (χ0n) is 5.32.